The van der Waals surface area contributed by atoms with Gasteiger partial charge in [-0.05, 0) is 70.3 Å². The van der Waals surface area contributed by atoms with Crippen LogP contribution >= 0.6 is 0 Å². The molecule has 20 heteroatoms. The van der Waals surface area contributed by atoms with Crippen LogP contribution in [0.1, 0.15) is 132 Å². The Bertz CT molecular complexity index is 1930. The zero-order chi connectivity index (χ0) is 52.8. The first-order chi connectivity index (χ1) is 33.5. The van der Waals surface area contributed by atoms with Crippen molar-refractivity contribution in [1.29, 1.82) is 0 Å². The molecule has 2 fully saturated rings. The maximum Gasteiger partial charge on any atom is 0.410 e. The number of hydrogen-bond acceptors (Lipinski definition) is 12. The first kappa shape index (κ1) is 59.4. The molecule has 1 aromatic carbocycles. The summed E-state index contributed by atoms with van der Waals surface area (Å²) in [5.74, 6) is -6.59. The molecule has 20 nitrogen and oxygen atoms in total. The van der Waals surface area contributed by atoms with Crippen LogP contribution < -0.4 is 32.3 Å². The largest absolute Gasteiger partial charge is 0.460 e. The van der Waals surface area contributed by atoms with Crippen LogP contribution in [0.5, 0.6) is 0 Å². The summed E-state index contributed by atoms with van der Waals surface area (Å²) in [5, 5.41) is 13.3. The third-order valence-electron chi connectivity index (χ3n) is 12.8. The first-order valence-electron chi connectivity index (χ1n) is 25.3. The van der Waals surface area contributed by atoms with E-state index in [0.717, 1.165) is 44.1 Å². The Morgan fingerprint density at radius 1 is 0.817 bits per heavy atom. The van der Waals surface area contributed by atoms with Crippen molar-refractivity contribution in [3.05, 3.63) is 35.9 Å². The van der Waals surface area contributed by atoms with Crippen molar-refractivity contribution in [2.75, 3.05) is 39.8 Å². The minimum Gasteiger partial charge on any atom is -0.460 e. The number of rotatable bonds is 27. The summed E-state index contributed by atoms with van der Waals surface area (Å²) in [6, 6.07) is 5.54. The molecule has 0 unspecified atom stereocenters. The van der Waals surface area contributed by atoms with Gasteiger partial charge in [0.1, 0.15) is 43.0 Å². The van der Waals surface area contributed by atoms with Crippen LogP contribution in [0.3, 0.4) is 0 Å². The van der Waals surface area contributed by atoms with E-state index in [1.165, 1.54) is 16.8 Å². The van der Waals surface area contributed by atoms with Crippen molar-refractivity contribution in [1.82, 2.24) is 36.4 Å². The molecule has 8 amide bonds. The molecule has 2 aliphatic rings. The zero-order valence-electron chi connectivity index (χ0n) is 43.5. The fourth-order valence-corrected chi connectivity index (χ4v) is 8.42. The van der Waals surface area contributed by atoms with Gasteiger partial charge in [0.25, 0.3) is 0 Å². The summed E-state index contributed by atoms with van der Waals surface area (Å²) >= 11 is 0. The van der Waals surface area contributed by atoms with Crippen LogP contribution in [0.2, 0.25) is 0 Å². The lowest BCUT2D eigenvalue weighted by atomic mass is 9.83. The van der Waals surface area contributed by atoms with E-state index in [9.17, 15) is 43.2 Å². The first-order valence-corrected chi connectivity index (χ1v) is 25.3. The molecule has 0 radical (unpaired) electrons. The van der Waals surface area contributed by atoms with Gasteiger partial charge in [-0.25, -0.2) is 9.59 Å². The highest BCUT2D eigenvalue weighted by Crippen LogP contribution is 2.28. The summed E-state index contributed by atoms with van der Waals surface area (Å²) in [7, 11) is 1.51. The number of ether oxygens (including phenoxy) is 3. The molecule has 71 heavy (non-hydrogen) atoms. The lowest BCUT2D eigenvalue weighted by Gasteiger charge is -2.38. The summed E-state index contributed by atoms with van der Waals surface area (Å²) in [6.07, 6.45) is 5.58. The standard InChI is InChI=1S/C51H82N8O12/c1-10-11-12-19-24-40(70-41(60)28-54-44(62)33(4)26-53-45(63)37-29-59(30-37)50(68)71-51(6,7)8)34(5)48(66)58(9)39(25-32(2)3)46(64)57-42(36-22-17-14-18-23-36)47(65)56-38(43(52)61)27-55-49(67)69-31-35-20-15-13-16-21-35/h13,15-16,20-21,32-34,36-40,42H,10-12,14,17-19,22-31H2,1-9H3,(H2,52,61)(H,53,63)(H,54,62)(H,55,67)(H,56,65)(H,57,64)/t33-,34+,38-,39-,40-,42-/m0/s1. The molecule has 1 saturated heterocycles. The second kappa shape index (κ2) is 29.4. The highest BCUT2D eigenvalue weighted by molar-refractivity contribution is 5.95. The van der Waals surface area contributed by atoms with Crippen LogP contribution in [0.15, 0.2) is 30.3 Å². The number of primary amides is 1. The molecule has 0 bridgehead atoms. The number of esters is 1. The summed E-state index contributed by atoms with van der Waals surface area (Å²) < 4.78 is 16.5. The maximum atomic E-state index is 14.4. The molecule has 1 saturated carbocycles. The smallest absolute Gasteiger partial charge is 0.410 e. The van der Waals surface area contributed by atoms with Crippen molar-refractivity contribution in [2.45, 2.75) is 162 Å². The second-order valence-corrected chi connectivity index (χ2v) is 20.5. The Hall–Kier alpha value is -5.95. The summed E-state index contributed by atoms with van der Waals surface area (Å²) in [4.78, 5) is 122. The van der Waals surface area contributed by atoms with Gasteiger partial charge >= 0.3 is 18.2 Å². The van der Waals surface area contributed by atoms with Crippen LogP contribution in [-0.2, 0) is 54.4 Å². The monoisotopic (exact) mass is 999 g/mol. The summed E-state index contributed by atoms with van der Waals surface area (Å²) in [5.41, 5.74) is 5.76. The third-order valence-corrected chi connectivity index (χ3v) is 12.8. The van der Waals surface area contributed by atoms with Crippen LogP contribution in [0.4, 0.5) is 9.59 Å². The number of nitrogens with zero attached hydrogens (tertiary/aromatic N) is 2. The zero-order valence-corrected chi connectivity index (χ0v) is 43.5. The van der Waals surface area contributed by atoms with E-state index in [2.05, 4.69) is 33.5 Å². The normalized spacial score (nSPS) is 16.6. The summed E-state index contributed by atoms with van der Waals surface area (Å²) in [6.45, 7) is 13.9. The van der Waals surface area contributed by atoms with Gasteiger partial charge in [-0.15, -0.1) is 0 Å². The Labute approximate surface area is 419 Å². The van der Waals surface area contributed by atoms with Gasteiger partial charge in [-0.1, -0.05) is 103 Å². The number of unbranched alkanes of at least 4 members (excludes halogenated alkanes) is 3. The Morgan fingerprint density at radius 2 is 1.48 bits per heavy atom. The number of carbonyl (C=O) groups excluding carboxylic acids is 9. The highest BCUT2D eigenvalue weighted by atomic mass is 16.6. The third kappa shape index (κ3) is 20.7. The topological polar surface area (TPSA) is 274 Å². The van der Waals surface area contributed by atoms with Crippen molar-refractivity contribution in [2.24, 2.45) is 35.3 Å². The van der Waals surface area contributed by atoms with E-state index in [-0.39, 0.29) is 56.9 Å². The number of likely N-dealkylation sites (tertiary alicyclic amines) is 1. The second-order valence-electron chi connectivity index (χ2n) is 20.5. The highest BCUT2D eigenvalue weighted by Gasteiger charge is 2.40. The predicted octanol–water partition coefficient (Wildman–Crippen LogP) is 4.07. The van der Waals surface area contributed by atoms with Crippen molar-refractivity contribution >= 4 is 53.6 Å². The van der Waals surface area contributed by atoms with Gasteiger partial charge in [0.15, 0.2) is 0 Å². The fourth-order valence-electron chi connectivity index (χ4n) is 8.42. The van der Waals surface area contributed by atoms with Gasteiger partial charge in [-0.2, -0.15) is 0 Å². The fraction of sp³-hybridized carbons (Fsp3) is 0.706. The van der Waals surface area contributed by atoms with Crippen LogP contribution in [0.25, 0.3) is 0 Å². The minimum atomic E-state index is -1.33. The molecule has 1 heterocycles. The lowest BCUT2D eigenvalue weighted by molar-refractivity contribution is -0.158. The maximum absolute atomic E-state index is 14.4. The molecule has 6 atom stereocenters. The molecule has 7 N–H and O–H groups in total. The Morgan fingerprint density at radius 3 is 2.08 bits per heavy atom. The molecular formula is C51H82N8O12. The number of benzene rings is 1. The molecule has 1 aliphatic heterocycles. The van der Waals surface area contributed by atoms with Gasteiger partial charge in [0.2, 0.25) is 35.4 Å². The minimum absolute atomic E-state index is 0.00292. The van der Waals surface area contributed by atoms with E-state index >= 15 is 0 Å². The molecular weight excluding hydrogens is 917 g/mol. The molecule has 0 aromatic heterocycles. The van der Waals surface area contributed by atoms with Gasteiger partial charge in [0.05, 0.1) is 24.3 Å². The number of likely N-dealkylation sites (N-methyl/N-ethyl adjacent to an activating group) is 1. The van der Waals surface area contributed by atoms with Crippen LogP contribution in [0, 0.1) is 29.6 Å². The number of nitrogens with one attached hydrogen (secondary N) is 5. The van der Waals surface area contributed by atoms with Crippen LogP contribution in [-0.4, -0.2) is 133 Å². The van der Waals surface area contributed by atoms with E-state index in [0.29, 0.717) is 25.7 Å². The number of alkyl carbamates (subject to hydrolysis) is 1. The van der Waals surface area contributed by atoms with E-state index < -0.39 is 102 Å². The average Bonchev–Trinajstić information content (AvgIpc) is 3.30. The van der Waals surface area contributed by atoms with Crippen molar-refractivity contribution in [3.8, 4) is 0 Å². The van der Waals surface area contributed by atoms with E-state index in [4.69, 9.17) is 19.9 Å². The Balaban J connectivity index is 1.65. The molecule has 1 aromatic rings. The van der Waals surface area contributed by atoms with Gasteiger partial charge in [-0.3, -0.25) is 33.6 Å². The van der Waals surface area contributed by atoms with Crippen molar-refractivity contribution < 1.29 is 57.4 Å². The Kier molecular flexibility index (Phi) is 24.6. The van der Waals surface area contributed by atoms with E-state index in [1.54, 1.807) is 58.9 Å². The number of carbonyl (C=O) groups is 9. The molecule has 3 rings (SSSR count). The molecule has 1 aliphatic carbocycles. The van der Waals surface area contributed by atoms with E-state index in [1.807, 2.05) is 19.9 Å². The quantitative estimate of drug-likeness (QED) is 0.0414. The SMILES string of the molecule is CCCCCC[C@H](OC(=O)CNC(=O)[C@@H](C)CNC(=O)C1CN(C(=O)OC(C)(C)C)C1)[C@@H](C)C(=O)N(C)[C@@H](CC(C)C)C(=O)N[C@H](C(=O)N[C@@H](CNC(=O)OCc1ccccc1)C(N)=O)C1CCCCC1. The number of nitrogens with two attached hydrogens (primary N) is 1. The average molecular weight is 999 g/mol. The number of hydrogen-bond donors (Lipinski definition) is 6. The predicted molar refractivity (Wildman–Crippen MR) is 265 cm³/mol. The molecule has 398 valence electrons. The molecule has 0 spiro atoms. The van der Waals surface area contributed by atoms with Gasteiger partial charge in [0, 0.05) is 26.7 Å². The van der Waals surface area contributed by atoms with Gasteiger partial charge < -0.3 is 56.3 Å². The number of amides is 8. The lowest BCUT2D eigenvalue weighted by Crippen LogP contribution is -2.60. The van der Waals surface area contributed by atoms with Crippen molar-refractivity contribution in [3.63, 3.8) is 0 Å².